The number of ether oxygens (including phenoxy) is 1. The molecule has 0 spiro atoms. The quantitative estimate of drug-likeness (QED) is 0.533. The highest BCUT2D eigenvalue weighted by Crippen LogP contribution is 2.22. The molecule has 110 valence electrons. The van der Waals surface area contributed by atoms with Crippen molar-refractivity contribution >= 4 is 0 Å². The lowest BCUT2D eigenvalue weighted by Crippen LogP contribution is -2.23. The summed E-state index contributed by atoms with van der Waals surface area (Å²) in [6, 6.07) is 0. The molecule has 0 aromatic rings. The molecule has 0 radical (unpaired) electrons. The second kappa shape index (κ2) is 8.37. The van der Waals surface area contributed by atoms with E-state index in [-0.39, 0.29) is 5.60 Å². The first kappa shape index (κ1) is 18.2. The zero-order valence-corrected chi connectivity index (χ0v) is 13.9. The maximum atomic E-state index is 5.39. The molecule has 19 heavy (non-hydrogen) atoms. The largest absolute Gasteiger partial charge is 0.374 e. The molecule has 1 heteroatoms. The van der Waals surface area contributed by atoms with Crippen molar-refractivity contribution in [3.63, 3.8) is 0 Å². The van der Waals surface area contributed by atoms with Gasteiger partial charge in [0.15, 0.2) is 0 Å². The Hall–Kier alpha value is -0.820. The lowest BCUT2D eigenvalue weighted by atomic mass is 9.87. The van der Waals surface area contributed by atoms with Gasteiger partial charge >= 0.3 is 0 Å². The first-order chi connectivity index (χ1) is 8.70. The molecule has 1 atom stereocenters. The van der Waals surface area contributed by atoms with Gasteiger partial charge in [0.1, 0.15) is 0 Å². The van der Waals surface area contributed by atoms with Crippen LogP contribution in [-0.4, -0.2) is 12.7 Å². The topological polar surface area (TPSA) is 9.23 Å². The maximum absolute atomic E-state index is 5.39. The van der Waals surface area contributed by atoms with Crippen LogP contribution in [0.5, 0.6) is 0 Å². The van der Waals surface area contributed by atoms with Crippen molar-refractivity contribution in [2.75, 3.05) is 7.11 Å². The zero-order chi connectivity index (χ0) is 15.1. The average molecular weight is 264 g/mol. The summed E-state index contributed by atoms with van der Waals surface area (Å²) < 4.78 is 5.39. The minimum absolute atomic E-state index is 0.292. The van der Waals surface area contributed by atoms with E-state index in [0.29, 0.717) is 11.8 Å². The fourth-order valence-corrected chi connectivity index (χ4v) is 1.83. The fraction of sp³-hybridized carbons (Fsp3) is 0.667. The Balaban J connectivity index is 4.51. The molecule has 0 N–H and O–H groups in total. The summed E-state index contributed by atoms with van der Waals surface area (Å²) in [5.74, 6) is 2.07. The molecule has 0 fully saturated rings. The molecule has 0 aromatic carbocycles. The van der Waals surface area contributed by atoms with Gasteiger partial charge in [-0.15, -0.1) is 0 Å². The molecule has 0 heterocycles. The van der Waals surface area contributed by atoms with Crippen molar-refractivity contribution in [2.45, 2.75) is 53.6 Å². The van der Waals surface area contributed by atoms with Crippen LogP contribution in [0.3, 0.4) is 0 Å². The Morgan fingerprint density at radius 2 is 1.74 bits per heavy atom. The normalized spacial score (nSPS) is 15.0. The average Bonchev–Trinajstić information content (AvgIpc) is 2.31. The van der Waals surface area contributed by atoms with Gasteiger partial charge in [-0.05, 0) is 43.6 Å². The summed E-state index contributed by atoms with van der Waals surface area (Å²) in [4.78, 5) is 0. The molecular weight excluding hydrogens is 232 g/mol. The van der Waals surface area contributed by atoms with Gasteiger partial charge < -0.3 is 4.74 Å². The molecule has 0 saturated heterocycles. The van der Waals surface area contributed by atoms with E-state index < -0.39 is 0 Å². The molecule has 0 aromatic heterocycles. The molecule has 0 rings (SSSR count). The minimum atomic E-state index is -0.292. The number of allylic oxidation sites excluding steroid dienone is 3. The van der Waals surface area contributed by atoms with E-state index in [9.17, 15) is 0 Å². The van der Waals surface area contributed by atoms with Gasteiger partial charge in [-0.2, -0.15) is 0 Å². The van der Waals surface area contributed by atoms with Crippen molar-refractivity contribution in [3.8, 4) is 0 Å². The third-order valence-corrected chi connectivity index (χ3v) is 3.65. The predicted molar refractivity (Wildman–Crippen MR) is 86.3 cm³/mol. The Bertz CT molecular complexity index is 319. The van der Waals surface area contributed by atoms with Gasteiger partial charge in [-0.25, -0.2) is 0 Å². The third-order valence-electron chi connectivity index (χ3n) is 3.65. The molecule has 0 bridgehead atoms. The maximum Gasteiger partial charge on any atom is 0.0865 e. The summed E-state index contributed by atoms with van der Waals surface area (Å²) >= 11 is 0. The van der Waals surface area contributed by atoms with E-state index in [1.165, 1.54) is 6.42 Å². The van der Waals surface area contributed by atoms with E-state index in [0.717, 1.165) is 11.5 Å². The van der Waals surface area contributed by atoms with Crippen molar-refractivity contribution in [2.24, 2.45) is 17.8 Å². The molecule has 0 aliphatic carbocycles. The van der Waals surface area contributed by atoms with Gasteiger partial charge in [-0.3, -0.25) is 0 Å². The van der Waals surface area contributed by atoms with Crippen LogP contribution in [-0.2, 0) is 4.74 Å². The second-order valence-corrected chi connectivity index (χ2v) is 6.52. The number of rotatable bonds is 8. The van der Waals surface area contributed by atoms with E-state index in [1.807, 2.05) is 19.9 Å². The van der Waals surface area contributed by atoms with Gasteiger partial charge in [0.25, 0.3) is 0 Å². The first-order valence-corrected chi connectivity index (χ1v) is 7.30. The molecule has 1 unspecified atom stereocenters. The van der Waals surface area contributed by atoms with E-state index in [1.54, 1.807) is 7.11 Å². The SMILES string of the molecule is C=C(/C=C\C=C\C(CC(C)C)C(C)C)C(C)(C)OC. The predicted octanol–water partition coefficient (Wildman–Crippen LogP) is 5.40. The standard InChI is InChI=1S/C18H32O/c1-14(2)13-17(15(3)4)12-10-9-11-16(5)18(6,7)19-8/h9-12,14-15,17H,5,13H2,1-4,6-8H3/b11-9-,12-10+. The monoisotopic (exact) mass is 264 g/mol. The summed E-state index contributed by atoms with van der Waals surface area (Å²) in [5, 5.41) is 0. The Labute approximate surface area is 120 Å². The number of hydrogen-bond donors (Lipinski definition) is 0. The fourth-order valence-electron chi connectivity index (χ4n) is 1.83. The number of methoxy groups -OCH3 is 1. The van der Waals surface area contributed by atoms with Crippen LogP contribution in [0.2, 0.25) is 0 Å². The van der Waals surface area contributed by atoms with E-state index in [4.69, 9.17) is 4.74 Å². The zero-order valence-electron chi connectivity index (χ0n) is 13.9. The summed E-state index contributed by atoms with van der Waals surface area (Å²) in [6.45, 7) is 17.2. The molecular formula is C18H32O. The summed E-state index contributed by atoms with van der Waals surface area (Å²) in [5.41, 5.74) is 0.698. The van der Waals surface area contributed by atoms with Crippen LogP contribution in [0.15, 0.2) is 36.5 Å². The smallest absolute Gasteiger partial charge is 0.0865 e. The Morgan fingerprint density at radius 1 is 1.16 bits per heavy atom. The highest BCUT2D eigenvalue weighted by Gasteiger charge is 2.17. The van der Waals surface area contributed by atoms with Crippen LogP contribution in [0.4, 0.5) is 0 Å². The second-order valence-electron chi connectivity index (χ2n) is 6.52. The van der Waals surface area contributed by atoms with Crippen molar-refractivity contribution < 1.29 is 4.74 Å². The van der Waals surface area contributed by atoms with Crippen molar-refractivity contribution in [1.82, 2.24) is 0 Å². The summed E-state index contributed by atoms with van der Waals surface area (Å²) in [6.07, 6.45) is 9.80. The lowest BCUT2D eigenvalue weighted by molar-refractivity contribution is 0.0585. The molecule has 0 aliphatic heterocycles. The van der Waals surface area contributed by atoms with Crippen molar-refractivity contribution in [3.05, 3.63) is 36.5 Å². The van der Waals surface area contributed by atoms with Crippen molar-refractivity contribution in [1.29, 1.82) is 0 Å². The molecule has 0 amide bonds. The lowest BCUT2D eigenvalue weighted by Gasteiger charge is -2.23. The van der Waals surface area contributed by atoms with E-state index in [2.05, 4.69) is 52.5 Å². The third kappa shape index (κ3) is 7.37. The van der Waals surface area contributed by atoms with Crippen LogP contribution in [0.25, 0.3) is 0 Å². The highest BCUT2D eigenvalue weighted by molar-refractivity contribution is 5.26. The van der Waals surface area contributed by atoms with E-state index >= 15 is 0 Å². The Morgan fingerprint density at radius 3 is 2.16 bits per heavy atom. The van der Waals surface area contributed by atoms with Gasteiger partial charge in [-0.1, -0.05) is 58.6 Å². The van der Waals surface area contributed by atoms with Crippen LogP contribution in [0.1, 0.15) is 48.0 Å². The van der Waals surface area contributed by atoms with Crippen LogP contribution < -0.4 is 0 Å². The molecule has 0 aliphatic rings. The van der Waals surface area contributed by atoms with Crippen LogP contribution in [0, 0.1) is 17.8 Å². The summed E-state index contributed by atoms with van der Waals surface area (Å²) in [7, 11) is 1.71. The molecule has 1 nitrogen and oxygen atoms in total. The highest BCUT2D eigenvalue weighted by atomic mass is 16.5. The van der Waals surface area contributed by atoms with Gasteiger partial charge in [0.05, 0.1) is 5.60 Å². The van der Waals surface area contributed by atoms with Gasteiger partial charge in [0.2, 0.25) is 0 Å². The number of hydrogen-bond acceptors (Lipinski definition) is 1. The van der Waals surface area contributed by atoms with Crippen LogP contribution >= 0.6 is 0 Å². The Kier molecular flexibility index (Phi) is 8.01. The first-order valence-electron chi connectivity index (χ1n) is 7.30. The molecule has 0 saturated carbocycles. The minimum Gasteiger partial charge on any atom is -0.374 e. The van der Waals surface area contributed by atoms with Gasteiger partial charge in [0, 0.05) is 7.11 Å².